The van der Waals surface area contributed by atoms with Gasteiger partial charge >= 0.3 is 12.4 Å². The maximum absolute atomic E-state index is 12.6. The Labute approximate surface area is 233 Å². The predicted octanol–water partition coefficient (Wildman–Crippen LogP) is 7.07. The molecule has 0 spiro atoms. The van der Waals surface area contributed by atoms with Crippen molar-refractivity contribution in [1.29, 1.82) is 0 Å². The Balaban J connectivity index is 1.68. The molecule has 0 fully saturated rings. The van der Waals surface area contributed by atoms with Crippen LogP contribution in [0, 0.1) is 5.92 Å². The number of ether oxygens (including phenoxy) is 3. The lowest BCUT2D eigenvalue weighted by Crippen LogP contribution is -2.25. The molecule has 0 aliphatic rings. The van der Waals surface area contributed by atoms with E-state index in [0.29, 0.717) is 29.8 Å². The Hall–Kier alpha value is -3.64. The van der Waals surface area contributed by atoms with Crippen LogP contribution >= 0.6 is 0 Å². The average molecular weight is 580 g/mol. The van der Waals surface area contributed by atoms with Crippen molar-refractivity contribution in [2.45, 2.75) is 39.7 Å². The van der Waals surface area contributed by atoms with Crippen LogP contribution < -0.4 is 20.1 Å². The summed E-state index contributed by atoms with van der Waals surface area (Å²) in [5.41, 5.74) is 0.457. The number of aromatic nitrogens is 1. The number of hydrogen-bond donors (Lipinski definition) is 2. The molecule has 1 atom stereocenters. The molecule has 0 aliphatic heterocycles. The Morgan fingerprint density at radius 2 is 1.70 bits per heavy atom. The van der Waals surface area contributed by atoms with Gasteiger partial charge in [0.15, 0.2) is 0 Å². The predicted molar refractivity (Wildman–Crippen MR) is 148 cm³/mol. The number of nitrogens with zero attached hydrogens (tertiary/aromatic N) is 1. The van der Waals surface area contributed by atoms with Crippen LogP contribution in [0.1, 0.15) is 33.3 Å². The minimum atomic E-state index is -4.81. The Bertz CT molecular complexity index is 1300. The van der Waals surface area contributed by atoms with Gasteiger partial charge < -0.3 is 24.8 Å². The van der Waals surface area contributed by atoms with E-state index in [1.165, 1.54) is 18.3 Å². The fourth-order valence-electron chi connectivity index (χ4n) is 3.67. The van der Waals surface area contributed by atoms with Crippen molar-refractivity contribution in [1.82, 2.24) is 4.98 Å². The molecule has 216 valence electrons. The first-order valence-electron chi connectivity index (χ1n) is 12.5. The number of anilines is 2. The average Bonchev–Trinajstić information content (AvgIpc) is 2.85. The van der Waals surface area contributed by atoms with Crippen molar-refractivity contribution in [3.8, 4) is 17.4 Å². The van der Waals surface area contributed by atoms with E-state index in [0.717, 1.165) is 17.7 Å². The Kier molecular flexibility index (Phi) is 10.5. The summed E-state index contributed by atoms with van der Waals surface area (Å²) in [6.45, 7) is 8.12. The standard InChI is InChI=1S/C28H32F3N3O5S/c1-19(2)18-40(36)17-16-37-27(3,4)22-8-5-6-10-24(22)38-25-23(9-7-15-32-25)34-26(35)33-20-11-13-21(14-12-20)39-28(29,30)31/h5-15,19H,16-18H2,1-4H3,(H2,33,34,35). The van der Waals surface area contributed by atoms with Gasteiger partial charge in [-0.1, -0.05) is 32.0 Å². The van der Waals surface area contributed by atoms with Gasteiger partial charge in [-0.05, 0) is 62.2 Å². The first-order chi connectivity index (χ1) is 18.8. The summed E-state index contributed by atoms with van der Waals surface area (Å²) in [5.74, 6) is 1.54. The number of halogens is 3. The van der Waals surface area contributed by atoms with E-state index >= 15 is 0 Å². The molecule has 0 aliphatic carbocycles. The molecular weight excluding hydrogens is 547 g/mol. The highest BCUT2D eigenvalue weighted by Gasteiger charge is 2.31. The summed E-state index contributed by atoms with van der Waals surface area (Å²) < 4.78 is 65.3. The second kappa shape index (κ2) is 13.6. The van der Waals surface area contributed by atoms with Gasteiger partial charge in [-0.15, -0.1) is 13.2 Å². The molecule has 2 amide bonds. The topological polar surface area (TPSA) is 98.8 Å². The monoisotopic (exact) mass is 579 g/mol. The van der Waals surface area contributed by atoms with Gasteiger partial charge in [0.05, 0.1) is 12.2 Å². The minimum Gasteiger partial charge on any atom is -0.437 e. The second-order valence-electron chi connectivity index (χ2n) is 9.67. The minimum absolute atomic E-state index is 0.118. The van der Waals surface area contributed by atoms with Gasteiger partial charge in [0.2, 0.25) is 5.88 Å². The molecule has 8 nitrogen and oxygen atoms in total. The highest BCUT2D eigenvalue weighted by Crippen LogP contribution is 2.36. The number of alkyl halides is 3. The van der Waals surface area contributed by atoms with E-state index in [1.807, 2.05) is 39.8 Å². The molecule has 2 aromatic carbocycles. The van der Waals surface area contributed by atoms with Crippen molar-refractivity contribution in [3.63, 3.8) is 0 Å². The zero-order chi connectivity index (χ0) is 29.3. The normalized spacial score (nSPS) is 12.6. The number of para-hydroxylation sites is 1. The van der Waals surface area contributed by atoms with Crippen LogP contribution in [0.4, 0.5) is 29.3 Å². The molecule has 40 heavy (non-hydrogen) atoms. The number of pyridine rings is 1. The fourth-order valence-corrected chi connectivity index (χ4v) is 4.85. The first kappa shape index (κ1) is 30.9. The number of hydrogen-bond acceptors (Lipinski definition) is 6. The highest BCUT2D eigenvalue weighted by atomic mass is 32.2. The maximum atomic E-state index is 12.6. The molecule has 3 rings (SSSR count). The number of urea groups is 1. The first-order valence-corrected chi connectivity index (χ1v) is 14.0. The van der Waals surface area contributed by atoms with Gasteiger partial charge in [-0.3, -0.25) is 4.21 Å². The van der Waals surface area contributed by atoms with E-state index in [4.69, 9.17) is 9.47 Å². The van der Waals surface area contributed by atoms with Crippen LogP contribution in [0.25, 0.3) is 0 Å². The molecule has 3 aromatic rings. The van der Waals surface area contributed by atoms with Gasteiger partial charge in [0.25, 0.3) is 0 Å². The van der Waals surface area contributed by atoms with Crippen LogP contribution in [0.2, 0.25) is 0 Å². The summed E-state index contributed by atoms with van der Waals surface area (Å²) in [6, 6.07) is 14.5. The number of nitrogens with one attached hydrogen (secondary N) is 2. The molecule has 1 heterocycles. The Morgan fingerprint density at radius 1 is 1.00 bits per heavy atom. The zero-order valence-corrected chi connectivity index (χ0v) is 23.4. The number of rotatable bonds is 12. The van der Waals surface area contributed by atoms with Crippen LogP contribution in [-0.2, 0) is 21.1 Å². The maximum Gasteiger partial charge on any atom is 0.573 e. The third-order valence-electron chi connectivity index (χ3n) is 5.40. The van der Waals surface area contributed by atoms with E-state index < -0.39 is 34.5 Å². The third kappa shape index (κ3) is 9.83. The second-order valence-corrected chi connectivity index (χ2v) is 11.3. The van der Waals surface area contributed by atoms with Gasteiger partial charge in [0, 0.05) is 39.8 Å². The van der Waals surface area contributed by atoms with Crippen LogP contribution in [0.5, 0.6) is 17.4 Å². The van der Waals surface area contributed by atoms with Crippen molar-refractivity contribution < 1.29 is 36.4 Å². The molecule has 0 saturated heterocycles. The molecule has 1 aromatic heterocycles. The lowest BCUT2D eigenvalue weighted by molar-refractivity contribution is -0.274. The van der Waals surface area contributed by atoms with Gasteiger partial charge in [-0.25, -0.2) is 9.78 Å². The van der Waals surface area contributed by atoms with Crippen LogP contribution in [0.15, 0.2) is 66.9 Å². The van der Waals surface area contributed by atoms with Gasteiger partial charge in [-0.2, -0.15) is 0 Å². The van der Waals surface area contributed by atoms with Gasteiger partial charge in [0.1, 0.15) is 17.2 Å². The van der Waals surface area contributed by atoms with E-state index in [-0.39, 0.29) is 17.3 Å². The lowest BCUT2D eigenvalue weighted by atomic mass is 9.97. The molecule has 2 N–H and O–H groups in total. The van der Waals surface area contributed by atoms with E-state index in [2.05, 4.69) is 20.4 Å². The summed E-state index contributed by atoms with van der Waals surface area (Å²) >= 11 is 0. The van der Waals surface area contributed by atoms with E-state index in [1.54, 1.807) is 24.3 Å². The van der Waals surface area contributed by atoms with Crippen molar-refractivity contribution in [3.05, 3.63) is 72.4 Å². The molecule has 0 bridgehead atoms. The number of carbonyl (C=O) groups excluding carboxylic acids is 1. The summed E-state index contributed by atoms with van der Waals surface area (Å²) in [5, 5.41) is 5.17. The zero-order valence-electron chi connectivity index (χ0n) is 22.6. The molecular formula is C28H32F3N3O5S. The third-order valence-corrected chi connectivity index (χ3v) is 7.06. The molecule has 0 radical (unpaired) electrons. The van der Waals surface area contributed by atoms with Crippen LogP contribution in [-0.4, -0.2) is 39.7 Å². The molecule has 0 saturated carbocycles. The highest BCUT2D eigenvalue weighted by molar-refractivity contribution is 7.85. The molecule has 1 unspecified atom stereocenters. The number of benzene rings is 2. The fraction of sp³-hybridized carbons (Fsp3) is 0.357. The van der Waals surface area contributed by atoms with Crippen molar-refractivity contribution >= 4 is 28.2 Å². The quantitative estimate of drug-likeness (QED) is 0.238. The van der Waals surface area contributed by atoms with E-state index in [9.17, 15) is 22.2 Å². The van der Waals surface area contributed by atoms with Crippen molar-refractivity contribution in [2.75, 3.05) is 28.7 Å². The summed E-state index contributed by atoms with van der Waals surface area (Å²) in [6.07, 6.45) is -3.30. The number of amides is 2. The molecule has 12 heteroatoms. The lowest BCUT2D eigenvalue weighted by Gasteiger charge is -2.28. The Morgan fingerprint density at radius 3 is 2.38 bits per heavy atom. The largest absolute Gasteiger partial charge is 0.573 e. The summed E-state index contributed by atoms with van der Waals surface area (Å²) in [4.78, 5) is 16.9. The number of carbonyl (C=O) groups is 1. The van der Waals surface area contributed by atoms with Crippen LogP contribution in [0.3, 0.4) is 0 Å². The smallest absolute Gasteiger partial charge is 0.437 e. The van der Waals surface area contributed by atoms with Crippen molar-refractivity contribution in [2.24, 2.45) is 5.92 Å². The SMILES string of the molecule is CC(C)CS(=O)CCOC(C)(C)c1ccccc1Oc1ncccc1NC(=O)Nc1ccc(OC(F)(F)F)cc1. The summed E-state index contributed by atoms with van der Waals surface area (Å²) in [7, 11) is -0.971.